The zero-order valence-electron chi connectivity index (χ0n) is 16.8. The number of anilines is 1. The zero-order chi connectivity index (χ0) is 23.2. The number of nitrogens with one attached hydrogen (secondary N) is 3. The third-order valence-electron chi connectivity index (χ3n) is 4.12. The number of amides is 2. The van der Waals surface area contributed by atoms with E-state index in [1.54, 1.807) is 26.0 Å². The molecule has 0 atom stereocenters. The molecule has 2 aromatic carbocycles. The summed E-state index contributed by atoms with van der Waals surface area (Å²) in [5.41, 5.74) is -0.477. The van der Waals surface area contributed by atoms with Crippen molar-refractivity contribution < 1.29 is 31.2 Å². The lowest BCUT2D eigenvalue weighted by molar-refractivity contribution is -0.139. The maximum absolute atomic E-state index is 13.0. The van der Waals surface area contributed by atoms with Gasteiger partial charge >= 0.3 is 6.18 Å². The Balaban J connectivity index is 1.91. The van der Waals surface area contributed by atoms with Crippen molar-refractivity contribution >= 4 is 27.5 Å². The summed E-state index contributed by atoms with van der Waals surface area (Å²) in [6.07, 6.45) is -4.82. The lowest BCUT2D eigenvalue weighted by atomic mass is 10.1. The fraction of sp³-hybridized carbons (Fsp3) is 0.300. The molecule has 3 N–H and O–H groups in total. The minimum Gasteiger partial charge on any atom is -0.351 e. The van der Waals surface area contributed by atoms with Crippen molar-refractivity contribution in [1.29, 1.82) is 0 Å². The van der Waals surface area contributed by atoms with E-state index < -0.39 is 32.6 Å². The Morgan fingerprint density at radius 3 is 2.16 bits per heavy atom. The first-order chi connectivity index (χ1) is 14.4. The smallest absolute Gasteiger partial charge is 0.351 e. The van der Waals surface area contributed by atoms with Gasteiger partial charge in [-0.15, -0.1) is 0 Å². The molecule has 0 aliphatic carbocycles. The van der Waals surface area contributed by atoms with Crippen molar-refractivity contribution in [3.05, 3.63) is 59.7 Å². The zero-order valence-corrected chi connectivity index (χ0v) is 17.6. The van der Waals surface area contributed by atoms with E-state index in [2.05, 4.69) is 10.6 Å². The van der Waals surface area contributed by atoms with Crippen molar-refractivity contribution in [2.45, 2.75) is 24.9 Å². The second-order valence-electron chi connectivity index (χ2n) is 6.87. The Kier molecular flexibility index (Phi) is 7.80. The third kappa shape index (κ3) is 6.79. The largest absolute Gasteiger partial charge is 0.417 e. The minimum absolute atomic E-state index is 0.141. The molecular weight excluding hydrogens is 435 g/mol. The van der Waals surface area contributed by atoms with Crippen LogP contribution in [0.25, 0.3) is 0 Å². The number of hydrogen-bond donors (Lipinski definition) is 3. The van der Waals surface area contributed by atoms with Crippen molar-refractivity contribution in [3.63, 3.8) is 0 Å². The average Bonchev–Trinajstić information content (AvgIpc) is 2.71. The van der Waals surface area contributed by atoms with Crippen LogP contribution in [0.3, 0.4) is 0 Å². The van der Waals surface area contributed by atoms with Crippen molar-refractivity contribution in [3.8, 4) is 0 Å². The predicted molar refractivity (Wildman–Crippen MR) is 109 cm³/mol. The number of halogens is 3. The highest BCUT2D eigenvalue weighted by molar-refractivity contribution is 7.89. The van der Waals surface area contributed by atoms with Crippen LogP contribution in [-0.4, -0.2) is 33.3 Å². The quantitative estimate of drug-likeness (QED) is 0.530. The molecule has 2 aromatic rings. The molecule has 0 aromatic heterocycles. The highest BCUT2D eigenvalue weighted by atomic mass is 32.2. The van der Waals surface area contributed by atoms with Crippen LogP contribution >= 0.6 is 0 Å². The number of alkyl halides is 3. The lowest BCUT2D eigenvalue weighted by Gasteiger charge is -2.14. The van der Waals surface area contributed by atoms with E-state index in [4.69, 9.17) is 0 Å². The molecule has 0 spiro atoms. The van der Waals surface area contributed by atoms with Crippen LogP contribution in [0, 0.1) is 5.92 Å². The molecule has 0 heterocycles. The summed E-state index contributed by atoms with van der Waals surface area (Å²) < 4.78 is 65.6. The van der Waals surface area contributed by atoms with Crippen LogP contribution in [0.15, 0.2) is 53.4 Å². The van der Waals surface area contributed by atoms with E-state index in [9.17, 15) is 31.2 Å². The average molecular weight is 457 g/mol. The maximum atomic E-state index is 13.0. The van der Waals surface area contributed by atoms with Gasteiger partial charge in [-0.25, -0.2) is 13.1 Å². The molecule has 0 saturated heterocycles. The molecule has 0 fully saturated rings. The Hall–Kier alpha value is -2.92. The number of rotatable bonds is 8. The van der Waals surface area contributed by atoms with Crippen molar-refractivity contribution in [2.75, 3.05) is 18.4 Å². The fourth-order valence-electron chi connectivity index (χ4n) is 2.47. The third-order valence-corrected chi connectivity index (χ3v) is 5.64. The molecule has 0 aliphatic rings. The summed E-state index contributed by atoms with van der Waals surface area (Å²) in [5, 5.41) is 5.15. The molecule has 2 rings (SSSR count). The first-order valence-corrected chi connectivity index (χ1v) is 10.7. The highest BCUT2D eigenvalue weighted by Crippen LogP contribution is 2.33. The molecule has 7 nitrogen and oxygen atoms in total. The number of benzene rings is 2. The standard InChI is InChI=1S/C20H22F3N3O4S/c1-13(2)18(27)26-15-9-7-14(8-10-15)19(28)24-11-12-25-31(29,30)17-6-4-3-5-16(17)20(21,22)23/h3-10,13,25H,11-12H2,1-2H3,(H,24,28)(H,26,27). The lowest BCUT2D eigenvalue weighted by Crippen LogP contribution is -2.35. The second-order valence-corrected chi connectivity index (χ2v) is 8.60. The Morgan fingerprint density at radius 1 is 0.968 bits per heavy atom. The second kappa shape index (κ2) is 9.92. The number of sulfonamides is 1. The normalized spacial score (nSPS) is 11.9. The van der Waals surface area contributed by atoms with E-state index in [1.807, 2.05) is 4.72 Å². The molecule has 31 heavy (non-hydrogen) atoms. The van der Waals surface area contributed by atoms with E-state index in [1.165, 1.54) is 18.2 Å². The Morgan fingerprint density at radius 2 is 1.58 bits per heavy atom. The van der Waals surface area contributed by atoms with Gasteiger partial charge in [0.1, 0.15) is 0 Å². The molecule has 0 radical (unpaired) electrons. The van der Waals surface area contributed by atoms with Crippen LogP contribution < -0.4 is 15.4 Å². The summed E-state index contributed by atoms with van der Waals surface area (Å²) in [6.45, 7) is 3.04. The molecule has 168 valence electrons. The topological polar surface area (TPSA) is 104 Å². The molecule has 0 unspecified atom stereocenters. The number of carbonyl (C=O) groups is 2. The van der Waals surface area contributed by atoms with E-state index >= 15 is 0 Å². The number of carbonyl (C=O) groups excluding carboxylic acids is 2. The van der Waals surface area contributed by atoms with Gasteiger partial charge in [-0.1, -0.05) is 26.0 Å². The first kappa shape index (κ1) is 24.4. The van der Waals surface area contributed by atoms with Gasteiger partial charge in [0.05, 0.1) is 10.5 Å². The van der Waals surface area contributed by atoms with E-state index in [-0.39, 0.29) is 30.5 Å². The molecule has 2 amide bonds. The van der Waals surface area contributed by atoms with Crippen LogP contribution in [0.5, 0.6) is 0 Å². The van der Waals surface area contributed by atoms with Crippen LogP contribution in [0.1, 0.15) is 29.8 Å². The summed E-state index contributed by atoms with van der Waals surface area (Å²) in [4.78, 5) is 22.9. The SMILES string of the molecule is CC(C)C(=O)Nc1ccc(C(=O)NCCNS(=O)(=O)c2ccccc2C(F)(F)F)cc1. The summed E-state index contributed by atoms with van der Waals surface area (Å²) >= 11 is 0. The van der Waals surface area contributed by atoms with Gasteiger partial charge in [0.2, 0.25) is 15.9 Å². The van der Waals surface area contributed by atoms with Gasteiger partial charge in [-0.3, -0.25) is 9.59 Å². The Labute approximate surface area is 178 Å². The highest BCUT2D eigenvalue weighted by Gasteiger charge is 2.36. The number of hydrogen-bond acceptors (Lipinski definition) is 4. The molecule has 0 saturated carbocycles. The van der Waals surface area contributed by atoms with Gasteiger partial charge in [0.25, 0.3) is 5.91 Å². The minimum atomic E-state index is -4.82. The maximum Gasteiger partial charge on any atom is 0.417 e. The van der Waals surface area contributed by atoms with Gasteiger partial charge in [0.15, 0.2) is 0 Å². The monoisotopic (exact) mass is 457 g/mol. The van der Waals surface area contributed by atoms with E-state index in [0.717, 1.165) is 12.1 Å². The van der Waals surface area contributed by atoms with E-state index in [0.29, 0.717) is 11.8 Å². The molecule has 11 heteroatoms. The summed E-state index contributed by atoms with van der Waals surface area (Å²) in [6, 6.07) is 9.90. The summed E-state index contributed by atoms with van der Waals surface area (Å²) in [5.74, 6) is -0.872. The molecular formula is C20H22F3N3O4S. The van der Waals surface area contributed by atoms with Gasteiger partial charge < -0.3 is 10.6 Å². The van der Waals surface area contributed by atoms with Crippen LogP contribution in [-0.2, 0) is 21.0 Å². The predicted octanol–water partition coefficient (Wildman–Crippen LogP) is 3.01. The van der Waals surface area contributed by atoms with Crippen molar-refractivity contribution in [1.82, 2.24) is 10.0 Å². The van der Waals surface area contributed by atoms with Gasteiger partial charge in [0, 0.05) is 30.3 Å². The molecule has 0 bridgehead atoms. The van der Waals surface area contributed by atoms with Crippen molar-refractivity contribution in [2.24, 2.45) is 5.92 Å². The first-order valence-electron chi connectivity index (χ1n) is 9.27. The van der Waals surface area contributed by atoms with Gasteiger partial charge in [-0.2, -0.15) is 13.2 Å². The van der Waals surface area contributed by atoms with Crippen LogP contribution in [0.4, 0.5) is 18.9 Å². The molecule has 0 aliphatic heterocycles. The summed E-state index contributed by atoms with van der Waals surface area (Å²) in [7, 11) is -4.42. The van der Waals surface area contributed by atoms with Gasteiger partial charge in [-0.05, 0) is 36.4 Å². The fourth-order valence-corrected chi connectivity index (χ4v) is 3.73. The van der Waals surface area contributed by atoms with Crippen LogP contribution in [0.2, 0.25) is 0 Å². The Bertz CT molecular complexity index is 1040.